The minimum Gasteiger partial charge on any atom is -0.368 e. The molecule has 1 aromatic rings. The Labute approximate surface area is 101 Å². The molecular formula is C11H16N2O3S. The van der Waals surface area contributed by atoms with E-state index in [0.717, 1.165) is 11.1 Å². The number of hydrogen-bond acceptors (Lipinski definition) is 3. The van der Waals surface area contributed by atoms with Crippen LogP contribution in [0, 0.1) is 13.8 Å². The molecule has 0 fully saturated rings. The third-order valence-electron chi connectivity index (χ3n) is 2.55. The molecule has 17 heavy (non-hydrogen) atoms. The molecule has 3 N–H and O–H groups in total. The number of nitrogens with two attached hydrogens (primary N) is 1. The van der Waals surface area contributed by atoms with Crippen LogP contribution in [0.2, 0.25) is 0 Å². The standard InChI is InChI=1S/C11H16N2O3S/c1-7-4-5-10(6-8(7)2)17(15,16)13-9(3)11(12)14/h4-6,9,13H,1-3H3,(H2,12,14). The van der Waals surface area contributed by atoms with Crippen LogP contribution in [0.5, 0.6) is 0 Å². The number of rotatable bonds is 4. The van der Waals surface area contributed by atoms with Gasteiger partial charge in [0, 0.05) is 0 Å². The average Bonchev–Trinajstić information content (AvgIpc) is 2.21. The highest BCUT2D eigenvalue weighted by molar-refractivity contribution is 7.89. The Morgan fingerprint density at radius 3 is 2.35 bits per heavy atom. The fraction of sp³-hybridized carbons (Fsp3) is 0.364. The number of nitrogens with one attached hydrogen (secondary N) is 1. The summed E-state index contributed by atoms with van der Waals surface area (Å²) in [6.45, 7) is 5.12. The average molecular weight is 256 g/mol. The summed E-state index contributed by atoms with van der Waals surface area (Å²) in [5.74, 6) is -0.711. The van der Waals surface area contributed by atoms with Crippen molar-refractivity contribution in [3.8, 4) is 0 Å². The highest BCUT2D eigenvalue weighted by Gasteiger charge is 2.20. The maximum Gasteiger partial charge on any atom is 0.241 e. The second-order valence-electron chi connectivity index (χ2n) is 3.99. The van der Waals surface area contributed by atoms with E-state index in [9.17, 15) is 13.2 Å². The first kappa shape index (κ1) is 13.7. The van der Waals surface area contributed by atoms with Gasteiger partial charge in [0.1, 0.15) is 0 Å². The van der Waals surface area contributed by atoms with Crippen molar-refractivity contribution >= 4 is 15.9 Å². The van der Waals surface area contributed by atoms with E-state index in [1.807, 2.05) is 13.8 Å². The molecule has 5 nitrogen and oxygen atoms in total. The number of amides is 1. The fourth-order valence-corrected chi connectivity index (χ4v) is 2.54. The van der Waals surface area contributed by atoms with E-state index in [1.54, 1.807) is 12.1 Å². The molecule has 0 spiro atoms. The first-order valence-electron chi connectivity index (χ1n) is 5.13. The van der Waals surface area contributed by atoms with E-state index in [2.05, 4.69) is 4.72 Å². The normalized spacial score (nSPS) is 13.4. The topological polar surface area (TPSA) is 89.3 Å². The van der Waals surface area contributed by atoms with Gasteiger partial charge in [-0.2, -0.15) is 4.72 Å². The number of benzene rings is 1. The SMILES string of the molecule is Cc1ccc(S(=O)(=O)NC(C)C(N)=O)cc1C. The van der Waals surface area contributed by atoms with E-state index in [4.69, 9.17) is 5.73 Å². The Hall–Kier alpha value is -1.40. The number of hydrogen-bond donors (Lipinski definition) is 2. The summed E-state index contributed by atoms with van der Waals surface area (Å²) in [7, 11) is -3.69. The first-order valence-corrected chi connectivity index (χ1v) is 6.61. The molecule has 1 aromatic carbocycles. The quantitative estimate of drug-likeness (QED) is 0.820. The van der Waals surface area contributed by atoms with Crippen molar-refractivity contribution in [2.24, 2.45) is 5.73 Å². The molecule has 6 heteroatoms. The van der Waals surface area contributed by atoms with Crippen molar-refractivity contribution in [1.82, 2.24) is 4.72 Å². The van der Waals surface area contributed by atoms with Crippen LogP contribution in [0.3, 0.4) is 0 Å². The lowest BCUT2D eigenvalue weighted by molar-refractivity contribution is -0.119. The second-order valence-corrected chi connectivity index (χ2v) is 5.71. The van der Waals surface area contributed by atoms with Gasteiger partial charge in [0.15, 0.2) is 0 Å². The third kappa shape index (κ3) is 3.28. The molecule has 1 rings (SSSR count). The zero-order valence-corrected chi connectivity index (χ0v) is 10.8. The van der Waals surface area contributed by atoms with Gasteiger partial charge in [0.05, 0.1) is 10.9 Å². The van der Waals surface area contributed by atoms with Crippen LogP contribution in [0.25, 0.3) is 0 Å². The molecule has 0 aliphatic carbocycles. The highest BCUT2D eigenvalue weighted by atomic mass is 32.2. The first-order chi connectivity index (χ1) is 7.74. The smallest absolute Gasteiger partial charge is 0.241 e. The highest BCUT2D eigenvalue weighted by Crippen LogP contribution is 2.14. The van der Waals surface area contributed by atoms with Crippen molar-refractivity contribution in [2.45, 2.75) is 31.7 Å². The minimum atomic E-state index is -3.69. The fourth-order valence-electron chi connectivity index (χ4n) is 1.24. The molecule has 1 amide bonds. The summed E-state index contributed by atoms with van der Waals surface area (Å²) in [6, 6.07) is 3.85. The lowest BCUT2D eigenvalue weighted by atomic mass is 10.1. The zero-order valence-electron chi connectivity index (χ0n) is 10.0. The van der Waals surface area contributed by atoms with E-state index in [1.165, 1.54) is 13.0 Å². The predicted molar refractivity (Wildman–Crippen MR) is 64.9 cm³/mol. The maximum atomic E-state index is 11.9. The molecule has 0 bridgehead atoms. The summed E-state index contributed by atoms with van der Waals surface area (Å²) in [4.78, 5) is 11.0. The Morgan fingerprint density at radius 1 is 1.29 bits per heavy atom. The van der Waals surface area contributed by atoms with Crippen molar-refractivity contribution < 1.29 is 13.2 Å². The number of carbonyl (C=O) groups excluding carboxylic acids is 1. The van der Waals surface area contributed by atoms with Gasteiger partial charge in [-0.05, 0) is 44.0 Å². The summed E-state index contributed by atoms with van der Waals surface area (Å²) >= 11 is 0. The Kier molecular flexibility index (Phi) is 3.90. The molecule has 0 radical (unpaired) electrons. The number of carbonyl (C=O) groups is 1. The van der Waals surface area contributed by atoms with E-state index < -0.39 is 22.0 Å². The minimum absolute atomic E-state index is 0.133. The van der Waals surface area contributed by atoms with Gasteiger partial charge < -0.3 is 5.73 Å². The molecule has 0 aliphatic rings. The number of primary amides is 1. The predicted octanol–water partition coefficient (Wildman–Crippen LogP) is 0.456. The maximum absolute atomic E-state index is 11.9. The van der Waals surface area contributed by atoms with Crippen LogP contribution >= 0.6 is 0 Å². The third-order valence-corrected chi connectivity index (χ3v) is 4.09. The van der Waals surface area contributed by atoms with Gasteiger partial charge in [0.25, 0.3) is 0 Å². The van der Waals surface area contributed by atoms with Gasteiger partial charge in [0.2, 0.25) is 15.9 Å². The summed E-state index contributed by atoms with van der Waals surface area (Å²) in [5.41, 5.74) is 6.89. The van der Waals surface area contributed by atoms with Gasteiger partial charge in [-0.15, -0.1) is 0 Å². The van der Waals surface area contributed by atoms with E-state index in [-0.39, 0.29) is 4.90 Å². The van der Waals surface area contributed by atoms with Gasteiger partial charge in [-0.3, -0.25) is 4.79 Å². The van der Waals surface area contributed by atoms with Crippen LogP contribution in [-0.4, -0.2) is 20.4 Å². The Morgan fingerprint density at radius 2 is 1.88 bits per heavy atom. The Bertz CT molecular complexity index is 538. The second kappa shape index (κ2) is 4.85. The van der Waals surface area contributed by atoms with Crippen LogP contribution in [0.15, 0.2) is 23.1 Å². The largest absolute Gasteiger partial charge is 0.368 e. The van der Waals surface area contributed by atoms with Gasteiger partial charge >= 0.3 is 0 Å². The molecule has 1 atom stereocenters. The van der Waals surface area contributed by atoms with Crippen molar-refractivity contribution in [3.63, 3.8) is 0 Å². The van der Waals surface area contributed by atoms with Crippen molar-refractivity contribution in [1.29, 1.82) is 0 Å². The van der Waals surface area contributed by atoms with Crippen LogP contribution in [0.1, 0.15) is 18.1 Å². The molecule has 0 saturated heterocycles. The monoisotopic (exact) mass is 256 g/mol. The Balaban J connectivity index is 3.05. The molecule has 0 aliphatic heterocycles. The zero-order chi connectivity index (χ0) is 13.2. The molecule has 1 unspecified atom stereocenters. The van der Waals surface area contributed by atoms with Crippen LogP contribution < -0.4 is 10.5 Å². The summed E-state index contributed by atoms with van der Waals surface area (Å²) < 4.78 is 26.0. The molecule has 0 saturated carbocycles. The van der Waals surface area contributed by atoms with Gasteiger partial charge in [-0.1, -0.05) is 6.07 Å². The van der Waals surface area contributed by atoms with Crippen LogP contribution in [0.4, 0.5) is 0 Å². The summed E-state index contributed by atoms with van der Waals surface area (Å²) in [5, 5.41) is 0. The molecule has 0 aromatic heterocycles. The lowest BCUT2D eigenvalue weighted by Crippen LogP contribution is -2.42. The number of sulfonamides is 1. The van der Waals surface area contributed by atoms with Crippen LogP contribution in [-0.2, 0) is 14.8 Å². The van der Waals surface area contributed by atoms with E-state index >= 15 is 0 Å². The van der Waals surface area contributed by atoms with E-state index in [0.29, 0.717) is 0 Å². The van der Waals surface area contributed by atoms with Crippen molar-refractivity contribution in [3.05, 3.63) is 29.3 Å². The molecule has 0 heterocycles. The lowest BCUT2D eigenvalue weighted by Gasteiger charge is -2.12. The van der Waals surface area contributed by atoms with Crippen molar-refractivity contribution in [2.75, 3.05) is 0 Å². The molecule has 94 valence electrons. The van der Waals surface area contributed by atoms with Gasteiger partial charge in [-0.25, -0.2) is 8.42 Å². The number of aryl methyl sites for hydroxylation is 2. The molecular weight excluding hydrogens is 240 g/mol. The summed E-state index contributed by atoms with van der Waals surface area (Å²) in [6.07, 6.45) is 0.